The molecule has 3 aromatic carbocycles. The van der Waals surface area contributed by atoms with Crippen LogP contribution < -0.4 is 10.6 Å². The first kappa shape index (κ1) is 45.8. The molecule has 1 atom stereocenters. The lowest BCUT2D eigenvalue weighted by atomic mass is 9.96. The minimum atomic E-state index is -0.308. The van der Waals surface area contributed by atoms with E-state index in [-0.39, 0.29) is 23.2 Å². The van der Waals surface area contributed by atoms with Crippen LogP contribution in [-0.4, -0.2) is 71.5 Å². The van der Waals surface area contributed by atoms with Gasteiger partial charge < -0.3 is 25.0 Å². The van der Waals surface area contributed by atoms with E-state index in [9.17, 15) is 14.0 Å². The number of nitrogens with one attached hydrogen (secondary N) is 2. The first-order chi connectivity index (χ1) is 28.1. The van der Waals surface area contributed by atoms with Crippen LogP contribution >= 0.6 is 11.6 Å². The van der Waals surface area contributed by atoms with Crippen molar-refractivity contribution in [3.8, 4) is 0 Å². The average Bonchev–Trinajstić information content (AvgIpc) is 3.92. The Bertz CT molecular complexity index is 2120. The standard InChI is InChI=1S/C32H37ClFN5O2.C11H11NO.C2H6.CH4O/c1-4-17-41-23(2)20-39-31-12-11-27(36-22-40)19-30(31)37-32(39)21-38-15-13-25(14-16-38)29(35-3)8-6-5-7-24-9-10-26(33)18-28(24)34;1-7-2-3-9-8(6-7)11(4-5-11)10(13)12-9;2*1-2/h5-6,8-13,18-19,22-23H,3-4,7,14-17,20-21H2,1-2H3,(H,36,40);2-3,6H,4-5H2,1H3,(H,12,13);1-2H3;2H,1H3/b6-5-,29-8-;;;. The molecule has 2 aliphatic heterocycles. The monoisotopic (exact) mass is 812 g/mol. The Morgan fingerprint density at radius 3 is 2.60 bits per heavy atom. The Morgan fingerprint density at radius 1 is 1.17 bits per heavy atom. The molecule has 58 heavy (non-hydrogen) atoms. The van der Waals surface area contributed by atoms with E-state index in [2.05, 4.69) is 64.7 Å². The zero-order chi connectivity index (χ0) is 42.2. The fraction of sp³-hybridized carbons (Fsp3) is 0.391. The molecule has 1 unspecified atom stereocenters. The molecule has 4 aromatic rings. The lowest BCUT2D eigenvalue weighted by molar-refractivity contribution is -0.117. The highest BCUT2D eigenvalue weighted by molar-refractivity contribution is 6.30. The first-order valence-electron chi connectivity index (χ1n) is 20.0. The number of hydrogen-bond donors (Lipinski definition) is 3. The Hall–Kier alpha value is -4.94. The summed E-state index contributed by atoms with van der Waals surface area (Å²) in [6.07, 6.45) is 12.9. The third kappa shape index (κ3) is 11.6. The highest BCUT2D eigenvalue weighted by Crippen LogP contribution is 2.55. The predicted octanol–water partition coefficient (Wildman–Crippen LogP) is 9.34. The summed E-state index contributed by atoms with van der Waals surface area (Å²) in [6.45, 7) is 17.7. The number of aliphatic hydroxyl groups is 1. The topological polar surface area (TPSA) is 121 Å². The van der Waals surface area contributed by atoms with Gasteiger partial charge in [-0.15, -0.1) is 0 Å². The van der Waals surface area contributed by atoms with Crippen LogP contribution in [0.25, 0.3) is 11.0 Å². The molecule has 1 aliphatic carbocycles. The van der Waals surface area contributed by atoms with Crippen molar-refractivity contribution >= 4 is 53.0 Å². The minimum absolute atomic E-state index is 0.0438. The van der Waals surface area contributed by atoms with Gasteiger partial charge in [0.1, 0.15) is 11.6 Å². The van der Waals surface area contributed by atoms with E-state index < -0.39 is 0 Å². The number of anilines is 2. The molecule has 3 N–H and O–H groups in total. The minimum Gasteiger partial charge on any atom is -0.400 e. The summed E-state index contributed by atoms with van der Waals surface area (Å²) in [7, 11) is 1.00. The summed E-state index contributed by atoms with van der Waals surface area (Å²) < 4.78 is 22.2. The molecule has 1 saturated carbocycles. The summed E-state index contributed by atoms with van der Waals surface area (Å²) in [5.74, 6) is 0.855. The highest BCUT2D eigenvalue weighted by Gasteiger charge is 2.56. The smallest absolute Gasteiger partial charge is 0.235 e. The SMILES string of the molecule is C=N/C(=C\C=C/Cc1ccc(Cl)cc1F)C1=CCN(Cc2nc3cc(NC=O)ccc3n2CC(C)OCCC)CC1.CC.CO.Cc1ccc2c(c1)C1(CC1)C(=O)N2. The molecule has 3 heterocycles. The molecule has 12 heteroatoms. The number of imidazole rings is 1. The van der Waals surface area contributed by atoms with Crippen molar-refractivity contribution in [3.63, 3.8) is 0 Å². The second kappa shape index (κ2) is 22.3. The van der Waals surface area contributed by atoms with Crippen LogP contribution in [0.1, 0.15) is 75.9 Å². The molecular weight excluding hydrogens is 755 g/mol. The number of ether oxygens (including phenoxy) is 1. The summed E-state index contributed by atoms with van der Waals surface area (Å²) in [5.41, 5.74) is 8.48. The van der Waals surface area contributed by atoms with Crippen molar-refractivity contribution in [1.82, 2.24) is 14.5 Å². The number of allylic oxidation sites excluding steroid dienone is 4. The van der Waals surface area contributed by atoms with Crippen LogP contribution in [0.2, 0.25) is 5.02 Å². The molecule has 1 aromatic heterocycles. The maximum atomic E-state index is 14.0. The highest BCUT2D eigenvalue weighted by atomic mass is 35.5. The fourth-order valence-electron chi connectivity index (χ4n) is 7.03. The summed E-state index contributed by atoms with van der Waals surface area (Å²) in [6, 6.07) is 16.7. The zero-order valence-corrected chi connectivity index (χ0v) is 35.4. The third-order valence-corrected chi connectivity index (χ3v) is 10.4. The van der Waals surface area contributed by atoms with Crippen molar-refractivity contribution in [3.05, 3.63) is 124 Å². The Balaban J connectivity index is 0.000000361. The van der Waals surface area contributed by atoms with Gasteiger partial charge in [0.25, 0.3) is 0 Å². The van der Waals surface area contributed by atoms with Gasteiger partial charge in [-0.25, -0.2) is 9.37 Å². The molecule has 3 aliphatic rings. The maximum Gasteiger partial charge on any atom is 0.235 e. The van der Waals surface area contributed by atoms with E-state index in [1.54, 1.807) is 12.1 Å². The second-order valence-corrected chi connectivity index (χ2v) is 14.6. The van der Waals surface area contributed by atoms with Crippen LogP contribution in [0.4, 0.5) is 15.8 Å². The van der Waals surface area contributed by atoms with E-state index in [1.165, 1.54) is 17.2 Å². The number of carbonyl (C=O) groups is 2. The van der Waals surface area contributed by atoms with Crippen LogP contribution in [0.5, 0.6) is 0 Å². The van der Waals surface area contributed by atoms with Crippen molar-refractivity contribution in [2.75, 3.05) is 37.4 Å². The predicted molar refractivity (Wildman–Crippen MR) is 235 cm³/mol. The number of aromatic nitrogens is 2. The van der Waals surface area contributed by atoms with Gasteiger partial charge in [-0.3, -0.25) is 19.5 Å². The number of aliphatic imine (C=N–C) groups is 1. The van der Waals surface area contributed by atoms with Crippen molar-refractivity contribution in [2.45, 2.75) is 91.3 Å². The van der Waals surface area contributed by atoms with Crippen molar-refractivity contribution in [1.29, 1.82) is 0 Å². The largest absolute Gasteiger partial charge is 0.400 e. The lowest BCUT2D eigenvalue weighted by Gasteiger charge is -2.26. The molecular formula is C46H58ClFN6O4. The summed E-state index contributed by atoms with van der Waals surface area (Å²) >= 11 is 5.84. The molecule has 310 valence electrons. The number of rotatable bonds is 14. The van der Waals surface area contributed by atoms with Crippen LogP contribution in [0, 0.1) is 12.7 Å². The Labute approximate surface area is 347 Å². The molecule has 2 amide bonds. The van der Waals surface area contributed by atoms with E-state index in [1.807, 2.05) is 62.4 Å². The van der Waals surface area contributed by atoms with Crippen molar-refractivity contribution < 1.29 is 23.8 Å². The van der Waals surface area contributed by atoms with Gasteiger partial charge in [0.05, 0.1) is 41.3 Å². The number of benzene rings is 3. The van der Waals surface area contributed by atoms with Gasteiger partial charge in [-0.1, -0.05) is 74.4 Å². The van der Waals surface area contributed by atoms with Gasteiger partial charge in [-0.2, -0.15) is 0 Å². The summed E-state index contributed by atoms with van der Waals surface area (Å²) in [5, 5.41) is 13.0. The molecule has 0 saturated heterocycles. The lowest BCUT2D eigenvalue weighted by Crippen LogP contribution is -2.30. The van der Waals surface area contributed by atoms with E-state index in [0.717, 1.165) is 86.3 Å². The van der Waals surface area contributed by atoms with Crippen molar-refractivity contribution in [2.24, 2.45) is 4.99 Å². The van der Waals surface area contributed by atoms with E-state index in [4.69, 9.17) is 26.4 Å². The van der Waals surface area contributed by atoms with Gasteiger partial charge >= 0.3 is 0 Å². The van der Waals surface area contributed by atoms with E-state index in [0.29, 0.717) is 42.2 Å². The summed E-state index contributed by atoms with van der Waals surface area (Å²) in [4.78, 5) is 34.1. The normalized spacial score (nSPS) is 15.8. The molecule has 0 radical (unpaired) electrons. The first-order valence-corrected chi connectivity index (χ1v) is 20.4. The van der Waals surface area contributed by atoms with Gasteiger partial charge in [0.2, 0.25) is 12.3 Å². The maximum absolute atomic E-state index is 14.0. The number of aliphatic hydroxyl groups excluding tert-OH is 1. The van der Waals surface area contributed by atoms with E-state index >= 15 is 0 Å². The number of hydrogen-bond acceptors (Lipinski definition) is 7. The second-order valence-electron chi connectivity index (χ2n) is 14.2. The number of carbonyl (C=O) groups excluding carboxylic acids is 2. The van der Waals surface area contributed by atoms with Gasteiger partial charge in [0, 0.05) is 43.2 Å². The number of halogens is 2. The number of aryl methyl sites for hydroxylation is 1. The molecule has 1 fully saturated rings. The Kier molecular flexibility index (Phi) is 17.6. The average molecular weight is 813 g/mol. The fourth-order valence-corrected chi connectivity index (χ4v) is 7.19. The zero-order valence-electron chi connectivity index (χ0n) is 34.7. The molecule has 0 bridgehead atoms. The number of fused-ring (bicyclic) bond motifs is 3. The number of amides is 2. The van der Waals surface area contributed by atoms with Crippen LogP contribution in [-0.2, 0) is 39.3 Å². The molecule has 7 rings (SSSR count). The number of nitrogens with zero attached hydrogens (tertiary/aromatic N) is 4. The van der Waals surface area contributed by atoms with Gasteiger partial charge in [0.15, 0.2) is 0 Å². The quantitative estimate of drug-likeness (QED) is 0.0663. The Morgan fingerprint density at radius 2 is 1.95 bits per heavy atom. The molecule has 10 nitrogen and oxygen atoms in total. The third-order valence-electron chi connectivity index (χ3n) is 10.1. The van der Waals surface area contributed by atoms with Crippen LogP contribution in [0.15, 0.2) is 95.2 Å². The van der Waals surface area contributed by atoms with Crippen LogP contribution in [0.3, 0.4) is 0 Å². The van der Waals surface area contributed by atoms with Gasteiger partial charge in [-0.05, 0) is 112 Å². The molecule has 1 spiro atoms.